The highest BCUT2D eigenvalue weighted by molar-refractivity contribution is 7.98. The Labute approximate surface area is 168 Å². The summed E-state index contributed by atoms with van der Waals surface area (Å²) in [5.74, 6) is -0.896. The number of piperazine rings is 1. The van der Waals surface area contributed by atoms with Crippen molar-refractivity contribution in [2.45, 2.75) is 22.3 Å². The van der Waals surface area contributed by atoms with E-state index in [1.807, 2.05) is 24.5 Å². The van der Waals surface area contributed by atoms with E-state index in [9.17, 15) is 18.0 Å². The number of nitrogens with zero attached hydrogens (tertiary/aromatic N) is 1. The molecule has 1 aliphatic rings. The fraction of sp³-hybridized carbons (Fsp3) is 0.263. The maximum absolute atomic E-state index is 13.0. The van der Waals surface area contributed by atoms with Gasteiger partial charge in [-0.1, -0.05) is 24.3 Å². The van der Waals surface area contributed by atoms with Crippen molar-refractivity contribution in [3.8, 4) is 0 Å². The zero-order valence-electron chi connectivity index (χ0n) is 15.3. The summed E-state index contributed by atoms with van der Waals surface area (Å²) >= 11 is 1.54. The van der Waals surface area contributed by atoms with Crippen LogP contribution >= 0.6 is 11.8 Å². The fourth-order valence-electron chi connectivity index (χ4n) is 2.99. The van der Waals surface area contributed by atoms with Crippen LogP contribution in [0.4, 0.5) is 5.69 Å². The third-order valence-electron chi connectivity index (χ3n) is 4.36. The Balaban J connectivity index is 1.79. The van der Waals surface area contributed by atoms with E-state index in [0.29, 0.717) is 5.69 Å². The third-order valence-corrected chi connectivity index (χ3v) is 7.01. The minimum Gasteiger partial charge on any atom is -0.353 e. The van der Waals surface area contributed by atoms with Gasteiger partial charge in [-0.2, -0.15) is 4.31 Å². The number of carbonyl (C=O) groups excluding carboxylic acids is 2. The van der Waals surface area contributed by atoms with Crippen molar-refractivity contribution in [2.24, 2.45) is 0 Å². The highest BCUT2D eigenvalue weighted by Gasteiger charge is 2.39. The largest absolute Gasteiger partial charge is 0.353 e. The van der Waals surface area contributed by atoms with Gasteiger partial charge in [0.05, 0.1) is 11.3 Å². The SMILES string of the molecule is CSc1cccc(NC(=O)CC2C(=O)NCCN2S(=O)(=O)c2ccccc2)c1. The number of thioether (sulfide) groups is 1. The first-order chi connectivity index (χ1) is 13.4. The van der Waals surface area contributed by atoms with E-state index in [2.05, 4.69) is 10.6 Å². The highest BCUT2D eigenvalue weighted by atomic mass is 32.2. The summed E-state index contributed by atoms with van der Waals surface area (Å²) in [6.07, 6.45) is 1.67. The second-order valence-electron chi connectivity index (χ2n) is 6.22. The molecule has 0 radical (unpaired) electrons. The average Bonchev–Trinajstić information content (AvgIpc) is 2.70. The van der Waals surface area contributed by atoms with Crippen molar-refractivity contribution in [3.05, 3.63) is 54.6 Å². The lowest BCUT2D eigenvalue weighted by Gasteiger charge is -2.33. The molecule has 2 N–H and O–H groups in total. The Kier molecular flexibility index (Phi) is 6.38. The first kappa shape index (κ1) is 20.4. The van der Waals surface area contributed by atoms with Crippen LogP contribution in [0.25, 0.3) is 0 Å². The summed E-state index contributed by atoms with van der Waals surface area (Å²) in [5.41, 5.74) is 0.602. The molecule has 1 aliphatic heterocycles. The first-order valence-electron chi connectivity index (χ1n) is 8.70. The molecule has 1 atom stereocenters. The normalized spacial score (nSPS) is 17.8. The third kappa shape index (κ3) is 4.54. The quantitative estimate of drug-likeness (QED) is 0.698. The van der Waals surface area contributed by atoms with E-state index in [-0.39, 0.29) is 24.4 Å². The molecule has 0 aliphatic carbocycles. The molecule has 2 aromatic rings. The Morgan fingerprint density at radius 2 is 1.96 bits per heavy atom. The molecule has 28 heavy (non-hydrogen) atoms. The number of amides is 2. The molecule has 2 amide bonds. The van der Waals surface area contributed by atoms with Crippen molar-refractivity contribution in [2.75, 3.05) is 24.7 Å². The lowest BCUT2D eigenvalue weighted by Crippen LogP contribution is -2.57. The summed E-state index contributed by atoms with van der Waals surface area (Å²) in [6.45, 7) is 0.321. The van der Waals surface area contributed by atoms with Crippen LogP contribution < -0.4 is 10.6 Å². The number of carbonyl (C=O) groups is 2. The molecule has 2 aromatic carbocycles. The lowest BCUT2D eigenvalue weighted by molar-refractivity contribution is -0.130. The van der Waals surface area contributed by atoms with Crippen LogP contribution in [0.1, 0.15) is 6.42 Å². The Hall–Kier alpha value is -2.36. The molecule has 1 heterocycles. The van der Waals surface area contributed by atoms with Gasteiger partial charge in [-0.15, -0.1) is 11.8 Å². The van der Waals surface area contributed by atoms with Crippen LogP contribution in [-0.4, -0.2) is 49.9 Å². The smallest absolute Gasteiger partial charge is 0.243 e. The van der Waals surface area contributed by atoms with E-state index in [1.54, 1.807) is 36.0 Å². The standard InChI is InChI=1S/C19H21N3O4S2/c1-27-15-7-5-6-14(12-15)21-18(23)13-17-19(24)20-10-11-22(17)28(25,26)16-8-3-2-4-9-16/h2-9,12,17H,10-11,13H2,1H3,(H,20,24)(H,21,23). The number of hydrogen-bond donors (Lipinski definition) is 2. The van der Waals surface area contributed by atoms with Crippen LogP contribution in [0.3, 0.4) is 0 Å². The minimum absolute atomic E-state index is 0.0998. The molecule has 0 bridgehead atoms. The molecular formula is C19H21N3O4S2. The zero-order chi connectivity index (χ0) is 20.1. The van der Waals surface area contributed by atoms with Gasteiger partial charge in [-0.05, 0) is 36.6 Å². The van der Waals surface area contributed by atoms with Crippen LogP contribution in [0, 0.1) is 0 Å². The number of sulfonamides is 1. The van der Waals surface area contributed by atoms with E-state index in [1.165, 1.54) is 12.1 Å². The number of nitrogens with one attached hydrogen (secondary N) is 2. The van der Waals surface area contributed by atoms with E-state index in [0.717, 1.165) is 9.20 Å². The second kappa shape index (κ2) is 8.76. The van der Waals surface area contributed by atoms with Crippen molar-refractivity contribution in [1.82, 2.24) is 9.62 Å². The number of anilines is 1. The van der Waals surface area contributed by atoms with Gasteiger partial charge in [0, 0.05) is 23.7 Å². The van der Waals surface area contributed by atoms with Crippen molar-refractivity contribution in [3.63, 3.8) is 0 Å². The van der Waals surface area contributed by atoms with Crippen LogP contribution in [0.15, 0.2) is 64.4 Å². The maximum Gasteiger partial charge on any atom is 0.243 e. The summed E-state index contributed by atoms with van der Waals surface area (Å²) in [6, 6.07) is 14.1. The van der Waals surface area contributed by atoms with Gasteiger partial charge in [0.25, 0.3) is 0 Å². The van der Waals surface area contributed by atoms with Crippen molar-refractivity contribution >= 4 is 39.3 Å². The number of benzene rings is 2. The molecule has 9 heteroatoms. The predicted molar refractivity (Wildman–Crippen MR) is 109 cm³/mol. The molecule has 0 spiro atoms. The van der Waals surface area contributed by atoms with Gasteiger partial charge >= 0.3 is 0 Å². The molecule has 1 unspecified atom stereocenters. The van der Waals surface area contributed by atoms with Gasteiger partial charge in [-0.3, -0.25) is 9.59 Å². The first-order valence-corrected chi connectivity index (χ1v) is 11.4. The Morgan fingerprint density at radius 1 is 1.21 bits per heavy atom. The Morgan fingerprint density at radius 3 is 2.68 bits per heavy atom. The van der Waals surface area contributed by atoms with Crippen LogP contribution in [0.5, 0.6) is 0 Å². The molecule has 1 fully saturated rings. The average molecular weight is 420 g/mol. The van der Waals surface area contributed by atoms with E-state index >= 15 is 0 Å². The topological polar surface area (TPSA) is 95.6 Å². The van der Waals surface area contributed by atoms with E-state index in [4.69, 9.17) is 0 Å². The number of hydrogen-bond acceptors (Lipinski definition) is 5. The summed E-state index contributed by atoms with van der Waals surface area (Å²) in [5, 5.41) is 5.39. The molecule has 7 nitrogen and oxygen atoms in total. The van der Waals surface area contributed by atoms with Crippen LogP contribution in [0.2, 0.25) is 0 Å². The van der Waals surface area contributed by atoms with Crippen molar-refractivity contribution < 1.29 is 18.0 Å². The molecule has 148 valence electrons. The fourth-order valence-corrected chi connectivity index (χ4v) is 5.06. The predicted octanol–water partition coefficient (Wildman–Crippen LogP) is 1.93. The Bertz CT molecular complexity index is 964. The van der Waals surface area contributed by atoms with Gasteiger partial charge in [0.15, 0.2) is 0 Å². The van der Waals surface area contributed by atoms with E-state index < -0.39 is 27.9 Å². The zero-order valence-corrected chi connectivity index (χ0v) is 16.9. The molecule has 3 rings (SSSR count). The maximum atomic E-state index is 13.0. The minimum atomic E-state index is -3.88. The van der Waals surface area contributed by atoms with Crippen molar-refractivity contribution in [1.29, 1.82) is 0 Å². The summed E-state index contributed by atoms with van der Waals surface area (Å²) in [7, 11) is -3.88. The van der Waals surface area contributed by atoms with Gasteiger partial charge < -0.3 is 10.6 Å². The number of rotatable bonds is 6. The molecule has 0 saturated carbocycles. The summed E-state index contributed by atoms with van der Waals surface area (Å²) < 4.78 is 27.1. The highest BCUT2D eigenvalue weighted by Crippen LogP contribution is 2.23. The van der Waals surface area contributed by atoms with Gasteiger partial charge in [0.1, 0.15) is 6.04 Å². The van der Waals surface area contributed by atoms with Crippen LogP contribution in [-0.2, 0) is 19.6 Å². The van der Waals surface area contributed by atoms with Gasteiger partial charge in [0.2, 0.25) is 21.8 Å². The monoisotopic (exact) mass is 419 g/mol. The summed E-state index contributed by atoms with van der Waals surface area (Å²) in [4.78, 5) is 26.0. The van der Waals surface area contributed by atoms with Gasteiger partial charge in [-0.25, -0.2) is 8.42 Å². The molecule has 0 aromatic heterocycles. The molecular weight excluding hydrogens is 398 g/mol. The second-order valence-corrected chi connectivity index (χ2v) is 8.99. The molecule has 1 saturated heterocycles. The lowest BCUT2D eigenvalue weighted by atomic mass is 10.1.